The van der Waals surface area contributed by atoms with Gasteiger partial charge in [-0.15, -0.1) is 0 Å². The molecule has 2 N–H and O–H groups in total. The van der Waals surface area contributed by atoms with Crippen LogP contribution in [0.5, 0.6) is 0 Å². The van der Waals surface area contributed by atoms with Gasteiger partial charge < -0.3 is 5.73 Å². The summed E-state index contributed by atoms with van der Waals surface area (Å²) in [4.78, 5) is -1.39. The summed E-state index contributed by atoms with van der Waals surface area (Å²) < 4.78 is 48.7. The van der Waals surface area contributed by atoms with Crippen LogP contribution in [0.25, 0.3) is 0 Å². The summed E-state index contributed by atoms with van der Waals surface area (Å²) in [5, 5.41) is 0. The van der Waals surface area contributed by atoms with Gasteiger partial charge in [-0.25, -0.2) is 16.8 Å². The second-order valence-electron chi connectivity index (χ2n) is 5.82. The van der Waals surface area contributed by atoms with Crippen LogP contribution in [0.1, 0.15) is 66.7 Å². The fraction of sp³-hybridized carbons (Fsp3) is 1.00. The van der Waals surface area contributed by atoms with Crippen molar-refractivity contribution in [3.05, 3.63) is 0 Å². The minimum Gasteiger partial charge on any atom is -0.314 e. The third-order valence-electron chi connectivity index (χ3n) is 4.13. The quantitative estimate of drug-likeness (QED) is 0.613. The molecule has 0 aromatic carbocycles. The molecule has 8 heteroatoms. The second kappa shape index (κ2) is 7.46. The second-order valence-corrected chi connectivity index (χ2v) is 10.5. The summed E-state index contributed by atoms with van der Waals surface area (Å²) in [6.45, 7) is 9.48. The summed E-state index contributed by atoms with van der Waals surface area (Å²) >= 11 is 0. The summed E-state index contributed by atoms with van der Waals surface area (Å²) in [7, 11) is -7.36. The molecule has 0 aromatic heterocycles. The molecule has 0 aromatic rings. The van der Waals surface area contributed by atoms with Gasteiger partial charge in [0.1, 0.15) is 24.4 Å². The van der Waals surface area contributed by atoms with Gasteiger partial charge in [-0.2, -0.15) is 0 Å². The van der Waals surface area contributed by atoms with Gasteiger partial charge in [0.2, 0.25) is 0 Å². The number of hydrogen-bond acceptors (Lipinski definition) is 5. The average molecular weight is 338 g/mol. The zero-order valence-electron chi connectivity index (χ0n) is 13.8. The lowest BCUT2D eigenvalue weighted by molar-refractivity contribution is 0.481. The maximum absolute atomic E-state index is 12.7. The van der Waals surface area contributed by atoms with Crippen molar-refractivity contribution >= 4 is 26.1 Å². The minimum atomic E-state index is -3.83. The largest absolute Gasteiger partial charge is 0.314 e. The molecule has 0 saturated heterocycles. The predicted octanol–water partition coefficient (Wildman–Crippen LogP) is 1.84. The highest BCUT2D eigenvalue weighted by Crippen LogP contribution is 2.29. The zero-order valence-corrected chi connectivity index (χ0v) is 15.5. The maximum Gasteiger partial charge on any atom is 0.305 e. The Balaban J connectivity index is 5.68. The Morgan fingerprint density at radius 2 is 1.48 bits per heavy atom. The van der Waals surface area contributed by atoms with E-state index in [4.69, 9.17) is 5.73 Å². The Morgan fingerprint density at radius 1 is 0.952 bits per heavy atom. The van der Waals surface area contributed by atoms with Crippen LogP contribution in [0.4, 0.5) is 0 Å². The van der Waals surface area contributed by atoms with Crippen molar-refractivity contribution < 1.29 is 16.8 Å². The molecule has 0 heterocycles. The van der Waals surface area contributed by atoms with Crippen LogP contribution in [0, 0.1) is 0 Å². The lowest BCUT2D eigenvalue weighted by atomic mass is 9.84. The van der Waals surface area contributed by atoms with Crippen LogP contribution in [0.3, 0.4) is 0 Å². The normalized spacial score (nSPS) is 18.8. The Morgan fingerprint density at radius 3 is 1.81 bits per heavy atom. The SMILES string of the molecule is CCCC(N)(CC)S(=O)(=O)[B]C(C)(CC)S(=O)(=O)CCC. The first-order valence-electron chi connectivity index (χ1n) is 7.57. The molecule has 0 aliphatic rings. The van der Waals surface area contributed by atoms with E-state index in [2.05, 4.69) is 0 Å². The minimum absolute atomic E-state index is 0.0270. The number of hydrogen-bond donors (Lipinski definition) is 1. The van der Waals surface area contributed by atoms with Crippen LogP contribution in [0.15, 0.2) is 0 Å². The van der Waals surface area contributed by atoms with Crippen LogP contribution in [-0.4, -0.2) is 38.7 Å². The highest BCUT2D eigenvalue weighted by Gasteiger charge is 2.48. The molecule has 5 nitrogen and oxygen atoms in total. The van der Waals surface area contributed by atoms with Crippen molar-refractivity contribution in [1.82, 2.24) is 0 Å². The molecule has 0 fully saturated rings. The zero-order chi connectivity index (χ0) is 16.9. The van der Waals surface area contributed by atoms with Gasteiger partial charge >= 0.3 is 6.56 Å². The van der Waals surface area contributed by atoms with Crippen molar-refractivity contribution in [2.45, 2.75) is 76.2 Å². The number of rotatable bonds is 10. The van der Waals surface area contributed by atoms with E-state index in [1.165, 1.54) is 6.92 Å². The Bertz CT molecular complexity index is 532. The van der Waals surface area contributed by atoms with Gasteiger partial charge in [-0.3, -0.25) is 0 Å². The molecular weight excluding hydrogens is 309 g/mol. The smallest absolute Gasteiger partial charge is 0.305 e. The topological polar surface area (TPSA) is 94.3 Å². The molecule has 0 rings (SSSR count). The Kier molecular flexibility index (Phi) is 7.44. The van der Waals surface area contributed by atoms with E-state index in [-0.39, 0.29) is 18.6 Å². The third kappa shape index (κ3) is 4.45. The van der Waals surface area contributed by atoms with Gasteiger partial charge in [0, 0.05) is 5.75 Å². The van der Waals surface area contributed by atoms with E-state index < -0.39 is 29.0 Å². The Hall–Kier alpha value is -0.0751. The maximum atomic E-state index is 12.7. The van der Waals surface area contributed by atoms with Gasteiger partial charge in [0.05, 0.1) is 4.65 Å². The number of sulfone groups is 1. The molecule has 2 unspecified atom stereocenters. The molecule has 21 heavy (non-hydrogen) atoms. The van der Waals surface area contributed by atoms with Gasteiger partial charge in [-0.05, 0) is 25.7 Å². The summed E-state index contributed by atoms with van der Waals surface area (Å²) in [5.74, 6) is -0.0270. The molecule has 125 valence electrons. The fourth-order valence-electron chi connectivity index (χ4n) is 2.27. The number of nitrogens with two attached hydrogens (primary N) is 1. The van der Waals surface area contributed by atoms with Gasteiger partial charge in [0.25, 0.3) is 0 Å². The summed E-state index contributed by atoms with van der Waals surface area (Å²) in [5.41, 5.74) is 6.05. The molecule has 0 saturated carbocycles. The van der Waals surface area contributed by atoms with Crippen molar-refractivity contribution in [2.24, 2.45) is 5.73 Å². The van der Waals surface area contributed by atoms with Crippen LogP contribution in [-0.2, 0) is 19.5 Å². The first kappa shape index (κ1) is 20.9. The molecule has 0 aliphatic heterocycles. The third-order valence-corrected chi connectivity index (χ3v) is 9.51. The van der Waals surface area contributed by atoms with Gasteiger partial charge in [0.15, 0.2) is 0 Å². The first-order valence-corrected chi connectivity index (χ1v) is 10.8. The van der Waals surface area contributed by atoms with E-state index in [0.717, 1.165) is 6.56 Å². The van der Waals surface area contributed by atoms with E-state index >= 15 is 0 Å². The van der Waals surface area contributed by atoms with Crippen molar-refractivity contribution in [2.75, 3.05) is 5.75 Å². The lowest BCUT2D eigenvalue weighted by Gasteiger charge is -2.33. The van der Waals surface area contributed by atoms with Crippen LogP contribution < -0.4 is 5.73 Å². The Labute approximate surface area is 131 Å². The molecule has 0 aliphatic carbocycles. The predicted molar refractivity (Wildman–Crippen MR) is 89.6 cm³/mol. The average Bonchev–Trinajstić information content (AvgIpc) is 2.37. The molecule has 0 amide bonds. The van der Waals surface area contributed by atoms with E-state index in [1.54, 1.807) is 20.8 Å². The van der Waals surface area contributed by atoms with Gasteiger partial charge in [-0.1, -0.05) is 41.0 Å². The van der Waals surface area contributed by atoms with Crippen molar-refractivity contribution in [3.8, 4) is 0 Å². The van der Waals surface area contributed by atoms with E-state index in [0.29, 0.717) is 19.3 Å². The summed E-state index contributed by atoms with van der Waals surface area (Å²) in [6, 6.07) is 0. The fourth-order valence-corrected chi connectivity index (χ4v) is 6.63. The molecule has 0 bridgehead atoms. The highest BCUT2D eigenvalue weighted by atomic mass is 32.2. The van der Waals surface area contributed by atoms with E-state index in [1.807, 2.05) is 6.92 Å². The monoisotopic (exact) mass is 338 g/mol. The molecule has 1 radical (unpaired) electrons. The van der Waals surface area contributed by atoms with Crippen LogP contribution >= 0.6 is 0 Å². The molecule has 0 spiro atoms. The molecular formula is C13H29BNO4S2. The molecule has 2 atom stereocenters. The van der Waals surface area contributed by atoms with Crippen LogP contribution in [0.2, 0.25) is 0 Å². The summed E-state index contributed by atoms with van der Waals surface area (Å²) in [6.07, 6.45) is 1.87. The van der Waals surface area contributed by atoms with E-state index in [9.17, 15) is 16.8 Å². The van der Waals surface area contributed by atoms with Crippen molar-refractivity contribution in [1.29, 1.82) is 0 Å². The highest BCUT2D eigenvalue weighted by molar-refractivity contribution is 8.18. The lowest BCUT2D eigenvalue weighted by Crippen LogP contribution is -2.56. The first-order chi connectivity index (χ1) is 9.45. The van der Waals surface area contributed by atoms with Crippen molar-refractivity contribution in [3.63, 3.8) is 0 Å². The standard InChI is InChI=1S/C13H29BNO4S2/c1-6-10-13(15,9-4)21(18,19)14-12(5,8-3)20(16,17)11-7-2/h6-11,15H2,1-5H3.